The summed E-state index contributed by atoms with van der Waals surface area (Å²) >= 11 is 0. The highest BCUT2D eigenvalue weighted by atomic mass is 127. The summed E-state index contributed by atoms with van der Waals surface area (Å²) in [6.07, 6.45) is -0.631. The van der Waals surface area contributed by atoms with Crippen LogP contribution in [0.15, 0.2) is 9.52 Å². The minimum Gasteiger partial charge on any atom is -0.357 e. The van der Waals surface area contributed by atoms with Crippen LogP contribution in [0.4, 0.5) is 8.78 Å². The molecule has 1 aromatic heterocycles. The third-order valence-corrected chi connectivity index (χ3v) is 3.62. The van der Waals surface area contributed by atoms with E-state index in [9.17, 15) is 8.78 Å². The molecule has 10 heteroatoms. The second-order valence-electron chi connectivity index (χ2n) is 5.54. The largest absolute Gasteiger partial charge is 0.357 e. The van der Waals surface area contributed by atoms with E-state index in [2.05, 4.69) is 25.8 Å². The Morgan fingerprint density at radius 3 is 2.67 bits per heavy atom. The lowest BCUT2D eigenvalue weighted by Crippen LogP contribution is -2.49. The maximum absolute atomic E-state index is 12.4. The summed E-state index contributed by atoms with van der Waals surface area (Å²) in [5.41, 5.74) is 0. The molecule has 1 aliphatic rings. The van der Waals surface area contributed by atoms with Gasteiger partial charge in [-0.1, -0.05) is 5.16 Å². The third kappa shape index (κ3) is 7.24. The second kappa shape index (κ2) is 10.7. The lowest BCUT2D eigenvalue weighted by Gasteiger charge is -2.32. The first-order chi connectivity index (χ1) is 11.1. The topological polar surface area (TPSA) is 78.6 Å². The van der Waals surface area contributed by atoms with E-state index < -0.39 is 6.43 Å². The smallest absolute Gasteiger partial charge is 0.251 e. The fraction of sp³-hybridized carbons (Fsp3) is 0.786. The molecule has 0 radical (unpaired) electrons. The van der Waals surface area contributed by atoms with Gasteiger partial charge in [-0.05, 0) is 19.8 Å². The number of hydrogen-bond acceptors (Lipinski definition) is 5. The Kier molecular flexibility index (Phi) is 9.41. The van der Waals surface area contributed by atoms with Gasteiger partial charge in [0.1, 0.15) is 6.54 Å². The summed E-state index contributed by atoms with van der Waals surface area (Å²) in [4.78, 5) is 10.3. The number of likely N-dealkylation sites (tertiary alicyclic amines) is 1. The van der Waals surface area contributed by atoms with Crippen molar-refractivity contribution < 1.29 is 13.3 Å². The molecule has 1 fully saturated rings. The molecule has 0 unspecified atom stereocenters. The molecule has 24 heavy (non-hydrogen) atoms. The maximum atomic E-state index is 12.4. The van der Waals surface area contributed by atoms with Gasteiger partial charge in [-0.25, -0.2) is 13.8 Å². The minimum atomic E-state index is -2.27. The Morgan fingerprint density at radius 1 is 1.42 bits per heavy atom. The Labute approximate surface area is 157 Å². The number of alkyl halides is 2. The third-order valence-electron chi connectivity index (χ3n) is 3.62. The molecule has 0 aliphatic carbocycles. The lowest BCUT2D eigenvalue weighted by molar-refractivity contribution is 0.0744. The number of guanidine groups is 1. The van der Waals surface area contributed by atoms with Crippen LogP contribution < -0.4 is 10.6 Å². The van der Waals surface area contributed by atoms with Crippen LogP contribution in [0, 0.1) is 6.92 Å². The van der Waals surface area contributed by atoms with Crippen LogP contribution in [0.1, 0.15) is 31.5 Å². The van der Waals surface area contributed by atoms with Crippen molar-refractivity contribution in [2.24, 2.45) is 4.99 Å². The van der Waals surface area contributed by atoms with Crippen molar-refractivity contribution in [3.05, 3.63) is 11.7 Å². The van der Waals surface area contributed by atoms with Gasteiger partial charge in [0.25, 0.3) is 6.43 Å². The summed E-state index contributed by atoms with van der Waals surface area (Å²) in [7, 11) is 0. The number of hydrogen-bond donors (Lipinski definition) is 2. The Balaban J connectivity index is 0.00000288. The molecule has 2 N–H and O–H groups in total. The van der Waals surface area contributed by atoms with Gasteiger partial charge >= 0.3 is 0 Å². The molecule has 7 nitrogen and oxygen atoms in total. The van der Waals surface area contributed by atoms with Crippen LogP contribution in [0.3, 0.4) is 0 Å². The summed E-state index contributed by atoms with van der Waals surface area (Å²) in [5, 5.41) is 10.3. The number of nitrogens with zero attached hydrogens (tertiary/aromatic N) is 4. The molecule has 138 valence electrons. The molecule has 2 heterocycles. The van der Waals surface area contributed by atoms with E-state index in [0.717, 1.165) is 19.4 Å². The van der Waals surface area contributed by atoms with Crippen molar-refractivity contribution >= 4 is 29.9 Å². The molecule has 2 rings (SSSR count). The highest BCUT2D eigenvalue weighted by Crippen LogP contribution is 2.11. The highest BCUT2D eigenvalue weighted by Gasteiger charge is 2.21. The number of halogens is 3. The van der Waals surface area contributed by atoms with E-state index in [1.165, 1.54) is 0 Å². The zero-order valence-corrected chi connectivity index (χ0v) is 16.3. The molecular formula is C14H25F2IN6O. The van der Waals surface area contributed by atoms with Gasteiger partial charge in [0, 0.05) is 32.6 Å². The van der Waals surface area contributed by atoms with E-state index in [-0.39, 0.29) is 36.6 Å². The number of aliphatic imine (C=N–C) groups is 1. The predicted molar refractivity (Wildman–Crippen MR) is 97.9 cm³/mol. The summed E-state index contributed by atoms with van der Waals surface area (Å²) in [6, 6.07) is 0.230. The van der Waals surface area contributed by atoms with E-state index in [0.29, 0.717) is 37.3 Å². The standard InChI is InChI=1S/C14H24F2N6O.HI/c1-3-17-14(18-8-13-19-10(2)23-21-13)20-11-4-6-22(7-5-11)9-12(15)16;/h11-12H,3-9H2,1-2H3,(H2,17,18,20);1H. The normalized spacial score (nSPS) is 17.0. The second-order valence-corrected chi connectivity index (χ2v) is 5.54. The maximum Gasteiger partial charge on any atom is 0.251 e. The Hall–Kier alpha value is -1.04. The molecule has 0 bridgehead atoms. The average molecular weight is 458 g/mol. The minimum absolute atomic E-state index is 0. The monoisotopic (exact) mass is 458 g/mol. The van der Waals surface area contributed by atoms with Gasteiger partial charge in [0.05, 0.1) is 6.54 Å². The molecular weight excluding hydrogens is 433 g/mol. The summed E-state index contributed by atoms with van der Waals surface area (Å²) < 4.78 is 29.7. The number of rotatable bonds is 6. The Bertz CT molecular complexity index is 505. The van der Waals surface area contributed by atoms with Gasteiger partial charge in [0.2, 0.25) is 5.89 Å². The van der Waals surface area contributed by atoms with Crippen LogP contribution in [0.25, 0.3) is 0 Å². The molecule has 0 saturated carbocycles. The first-order valence-electron chi connectivity index (χ1n) is 7.91. The van der Waals surface area contributed by atoms with Gasteiger partial charge in [-0.2, -0.15) is 4.98 Å². The number of aromatic nitrogens is 2. The SMILES string of the molecule is CCNC(=NCc1noc(C)n1)NC1CCN(CC(F)F)CC1.I. The van der Waals surface area contributed by atoms with Crippen molar-refractivity contribution in [2.75, 3.05) is 26.2 Å². The zero-order chi connectivity index (χ0) is 16.7. The van der Waals surface area contributed by atoms with E-state index >= 15 is 0 Å². The molecule has 1 aromatic rings. The first kappa shape index (κ1) is 21.0. The van der Waals surface area contributed by atoms with Gasteiger partial charge < -0.3 is 15.2 Å². The van der Waals surface area contributed by atoms with Crippen molar-refractivity contribution in [3.8, 4) is 0 Å². The van der Waals surface area contributed by atoms with Crippen molar-refractivity contribution in [3.63, 3.8) is 0 Å². The Morgan fingerprint density at radius 2 is 2.12 bits per heavy atom. The van der Waals surface area contributed by atoms with Gasteiger partial charge in [-0.15, -0.1) is 24.0 Å². The number of piperidine rings is 1. The zero-order valence-electron chi connectivity index (χ0n) is 14.0. The van der Waals surface area contributed by atoms with E-state index in [1.807, 2.05) is 6.92 Å². The summed E-state index contributed by atoms with van der Waals surface area (Å²) in [5.74, 6) is 1.73. The van der Waals surface area contributed by atoms with Crippen LogP contribution in [0.2, 0.25) is 0 Å². The van der Waals surface area contributed by atoms with Crippen LogP contribution in [-0.2, 0) is 6.54 Å². The van der Waals surface area contributed by atoms with Crippen molar-refractivity contribution in [1.29, 1.82) is 0 Å². The fourth-order valence-corrected chi connectivity index (χ4v) is 2.52. The van der Waals surface area contributed by atoms with Crippen LogP contribution in [0.5, 0.6) is 0 Å². The molecule has 0 spiro atoms. The van der Waals surface area contributed by atoms with Gasteiger partial charge in [0.15, 0.2) is 11.8 Å². The van der Waals surface area contributed by atoms with Crippen molar-refractivity contribution in [2.45, 2.75) is 45.7 Å². The quantitative estimate of drug-likeness (QED) is 0.385. The molecule has 0 atom stereocenters. The molecule has 0 amide bonds. The molecule has 0 aromatic carbocycles. The predicted octanol–water partition coefficient (Wildman–Crippen LogP) is 1.78. The highest BCUT2D eigenvalue weighted by molar-refractivity contribution is 14.0. The molecule has 1 saturated heterocycles. The average Bonchev–Trinajstić information content (AvgIpc) is 2.92. The van der Waals surface area contributed by atoms with E-state index in [1.54, 1.807) is 11.8 Å². The van der Waals surface area contributed by atoms with Crippen LogP contribution >= 0.6 is 24.0 Å². The lowest BCUT2D eigenvalue weighted by atomic mass is 10.1. The van der Waals surface area contributed by atoms with E-state index in [4.69, 9.17) is 4.52 Å². The van der Waals surface area contributed by atoms with Crippen LogP contribution in [-0.4, -0.2) is 59.6 Å². The number of nitrogens with one attached hydrogen (secondary N) is 2. The summed E-state index contributed by atoms with van der Waals surface area (Å²) in [6.45, 7) is 5.99. The number of aryl methyl sites for hydroxylation is 1. The van der Waals surface area contributed by atoms with Crippen molar-refractivity contribution in [1.82, 2.24) is 25.7 Å². The fourth-order valence-electron chi connectivity index (χ4n) is 2.52. The molecule has 1 aliphatic heterocycles. The first-order valence-corrected chi connectivity index (χ1v) is 7.91. The van der Waals surface area contributed by atoms with Gasteiger partial charge in [-0.3, -0.25) is 4.90 Å².